The maximum atomic E-state index is 15.0. The second-order valence-corrected chi connectivity index (χ2v) is 9.57. The number of nitrogens with one attached hydrogen (secondary N) is 1. The van der Waals surface area contributed by atoms with E-state index >= 15 is 4.39 Å². The third kappa shape index (κ3) is 5.56. The molecule has 0 spiro atoms. The number of aliphatic imine (C=N–C) groups is 1. The summed E-state index contributed by atoms with van der Waals surface area (Å²) in [5.74, 6) is -2.00. The molecule has 38 heavy (non-hydrogen) atoms. The Morgan fingerprint density at radius 3 is 2.18 bits per heavy atom. The zero-order valence-corrected chi connectivity index (χ0v) is 21.5. The summed E-state index contributed by atoms with van der Waals surface area (Å²) in [7, 11) is 1.23. The molecule has 0 saturated heterocycles. The molecule has 3 aromatic rings. The number of hydrogen-bond acceptors (Lipinski definition) is 6. The number of anilines is 1. The molecule has 2 unspecified atom stereocenters. The number of halogens is 1. The predicted molar refractivity (Wildman–Crippen MR) is 140 cm³/mol. The molecule has 1 N–H and O–H groups in total. The van der Waals surface area contributed by atoms with Gasteiger partial charge in [-0.05, 0) is 44.5 Å². The fourth-order valence-corrected chi connectivity index (χ4v) is 4.17. The number of para-hydroxylation sites is 1. The summed E-state index contributed by atoms with van der Waals surface area (Å²) >= 11 is 0. The van der Waals surface area contributed by atoms with E-state index in [4.69, 9.17) is 9.47 Å². The van der Waals surface area contributed by atoms with Crippen LogP contribution in [0.4, 0.5) is 14.9 Å². The van der Waals surface area contributed by atoms with Crippen LogP contribution in [0.2, 0.25) is 0 Å². The minimum absolute atomic E-state index is 0.125. The Bertz CT molecular complexity index is 1380. The molecule has 4 rings (SSSR count). The number of rotatable bonds is 5. The van der Waals surface area contributed by atoms with Crippen molar-refractivity contribution in [3.8, 4) is 0 Å². The molecule has 8 nitrogen and oxygen atoms in total. The number of esters is 1. The van der Waals surface area contributed by atoms with Crippen molar-refractivity contribution < 1.29 is 28.2 Å². The minimum atomic E-state index is -1.54. The quantitative estimate of drug-likeness (QED) is 0.492. The van der Waals surface area contributed by atoms with Crippen LogP contribution in [0.15, 0.2) is 83.9 Å². The first-order valence-corrected chi connectivity index (χ1v) is 12.0. The molecular formula is C29H28FN3O5. The van der Waals surface area contributed by atoms with E-state index in [-0.39, 0.29) is 11.3 Å². The van der Waals surface area contributed by atoms with E-state index in [1.54, 1.807) is 87.5 Å². The van der Waals surface area contributed by atoms with Crippen molar-refractivity contribution in [3.63, 3.8) is 0 Å². The molecule has 0 fully saturated rings. The molecule has 3 aromatic carbocycles. The summed E-state index contributed by atoms with van der Waals surface area (Å²) in [5.41, 5.74) is 0.577. The van der Waals surface area contributed by atoms with Gasteiger partial charge in [-0.15, -0.1) is 0 Å². The van der Waals surface area contributed by atoms with Gasteiger partial charge < -0.3 is 9.47 Å². The highest BCUT2D eigenvalue weighted by Gasteiger charge is 2.41. The lowest BCUT2D eigenvalue weighted by molar-refractivity contribution is -0.143. The summed E-state index contributed by atoms with van der Waals surface area (Å²) in [4.78, 5) is 45.9. The molecule has 1 aliphatic rings. The van der Waals surface area contributed by atoms with E-state index in [0.717, 1.165) is 0 Å². The van der Waals surface area contributed by atoms with Crippen molar-refractivity contribution in [2.24, 2.45) is 4.99 Å². The van der Waals surface area contributed by atoms with Gasteiger partial charge in [0.25, 0.3) is 5.91 Å². The maximum Gasteiger partial charge on any atom is 0.409 e. The highest BCUT2D eigenvalue weighted by Crippen LogP contribution is 2.35. The Hall–Kier alpha value is -4.53. The van der Waals surface area contributed by atoms with Crippen LogP contribution >= 0.6 is 0 Å². The zero-order valence-electron chi connectivity index (χ0n) is 21.5. The van der Waals surface area contributed by atoms with Gasteiger partial charge in [0.2, 0.25) is 6.17 Å². The fraction of sp³-hybridized carbons (Fsp3) is 0.241. The summed E-state index contributed by atoms with van der Waals surface area (Å²) in [6.45, 7) is 5.04. The Kier molecular flexibility index (Phi) is 7.57. The van der Waals surface area contributed by atoms with Crippen LogP contribution in [0.5, 0.6) is 0 Å². The highest BCUT2D eigenvalue weighted by molar-refractivity contribution is 6.21. The lowest BCUT2D eigenvalue weighted by Crippen LogP contribution is -2.51. The molecule has 0 bridgehead atoms. The lowest BCUT2D eigenvalue weighted by Gasteiger charge is -2.32. The van der Waals surface area contributed by atoms with Crippen molar-refractivity contribution in [3.05, 3.63) is 101 Å². The smallest absolute Gasteiger partial charge is 0.409 e. The predicted octanol–water partition coefficient (Wildman–Crippen LogP) is 4.77. The number of hydrogen-bond donors (Lipinski definition) is 1. The molecule has 1 heterocycles. The van der Waals surface area contributed by atoms with Gasteiger partial charge in [0.1, 0.15) is 11.4 Å². The number of amides is 2. The fourth-order valence-electron chi connectivity index (χ4n) is 4.17. The first kappa shape index (κ1) is 26.5. The normalized spacial score (nSPS) is 16.0. The van der Waals surface area contributed by atoms with Gasteiger partial charge in [-0.25, -0.2) is 19.0 Å². The Labute approximate surface area is 220 Å². The van der Waals surface area contributed by atoms with Crippen molar-refractivity contribution in [2.75, 3.05) is 12.0 Å². The Balaban J connectivity index is 1.95. The second-order valence-electron chi connectivity index (χ2n) is 9.57. The van der Waals surface area contributed by atoms with Gasteiger partial charge >= 0.3 is 12.1 Å². The summed E-state index contributed by atoms with van der Waals surface area (Å²) in [5, 5.41) is 2.50. The third-order valence-corrected chi connectivity index (χ3v) is 5.73. The van der Waals surface area contributed by atoms with E-state index in [2.05, 4.69) is 10.3 Å². The first-order valence-electron chi connectivity index (χ1n) is 12.0. The second kappa shape index (κ2) is 10.8. The van der Waals surface area contributed by atoms with Crippen molar-refractivity contribution in [2.45, 2.75) is 38.6 Å². The average molecular weight is 518 g/mol. The minimum Gasteiger partial charge on any atom is -0.467 e. The number of methoxy groups -OCH3 is 1. The molecule has 9 heteroatoms. The number of fused-ring (bicyclic) bond motifs is 1. The van der Waals surface area contributed by atoms with E-state index < -0.39 is 41.6 Å². The highest BCUT2D eigenvalue weighted by atomic mass is 19.1. The van der Waals surface area contributed by atoms with E-state index in [1.165, 1.54) is 24.1 Å². The summed E-state index contributed by atoms with van der Waals surface area (Å²) < 4.78 is 25.5. The number of benzene rings is 3. The molecule has 0 radical (unpaired) electrons. The van der Waals surface area contributed by atoms with Crippen LogP contribution < -0.4 is 10.2 Å². The molecule has 2 atom stereocenters. The molecule has 0 saturated carbocycles. The van der Waals surface area contributed by atoms with Crippen LogP contribution in [0, 0.1) is 5.82 Å². The monoisotopic (exact) mass is 517 g/mol. The standard InChI is InChI=1S/C29H28FN3O5/c1-29(2,3)38-28(36)32-25-26(34)33(24(27(35)37-4)18-12-6-5-7-13-18)22-17-11-9-15-20(22)23(31-25)19-14-8-10-16-21(19)30/h5-17,24-25H,1-4H3,(H,32,36). The van der Waals surface area contributed by atoms with Crippen LogP contribution in [0.3, 0.4) is 0 Å². The van der Waals surface area contributed by atoms with Crippen molar-refractivity contribution in [1.82, 2.24) is 5.32 Å². The number of carbonyl (C=O) groups excluding carboxylic acids is 3. The van der Waals surface area contributed by atoms with Crippen LogP contribution in [0.25, 0.3) is 0 Å². The summed E-state index contributed by atoms with van der Waals surface area (Å²) in [6, 6.07) is 20.1. The van der Waals surface area contributed by atoms with E-state index in [0.29, 0.717) is 16.8 Å². The molecule has 0 aliphatic carbocycles. The number of benzodiazepines with no additional fused rings is 1. The molecule has 0 aromatic heterocycles. The SMILES string of the molecule is COC(=O)C(c1ccccc1)N1C(=O)C(NC(=O)OC(C)(C)C)N=C(c2ccccc2F)c2ccccc21. The van der Waals surface area contributed by atoms with Crippen LogP contribution in [-0.4, -0.2) is 42.6 Å². The average Bonchev–Trinajstić information content (AvgIpc) is 2.99. The van der Waals surface area contributed by atoms with Gasteiger partial charge in [0, 0.05) is 11.1 Å². The van der Waals surface area contributed by atoms with Gasteiger partial charge in [-0.3, -0.25) is 15.0 Å². The van der Waals surface area contributed by atoms with Gasteiger partial charge in [0.15, 0.2) is 6.04 Å². The number of nitrogens with zero attached hydrogens (tertiary/aromatic N) is 2. The van der Waals surface area contributed by atoms with Crippen molar-refractivity contribution in [1.29, 1.82) is 0 Å². The topological polar surface area (TPSA) is 97.3 Å². The molecular weight excluding hydrogens is 489 g/mol. The van der Waals surface area contributed by atoms with Crippen LogP contribution in [0.1, 0.15) is 43.5 Å². The van der Waals surface area contributed by atoms with Crippen molar-refractivity contribution >= 4 is 29.4 Å². The Morgan fingerprint density at radius 2 is 1.55 bits per heavy atom. The van der Waals surface area contributed by atoms with E-state index in [1.807, 2.05) is 0 Å². The van der Waals surface area contributed by atoms with Gasteiger partial charge in [-0.1, -0.05) is 60.7 Å². The van der Waals surface area contributed by atoms with Gasteiger partial charge in [0.05, 0.1) is 18.5 Å². The molecule has 1 aliphatic heterocycles. The molecule has 196 valence electrons. The van der Waals surface area contributed by atoms with E-state index in [9.17, 15) is 14.4 Å². The van der Waals surface area contributed by atoms with Crippen LogP contribution in [-0.2, 0) is 19.1 Å². The largest absolute Gasteiger partial charge is 0.467 e. The lowest BCUT2D eigenvalue weighted by atomic mass is 9.98. The first-order chi connectivity index (χ1) is 18.1. The third-order valence-electron chi connectivity index (χ3n) is 5.73. The summed E-state index contributed by atoms with van der Waals surface area (Å²) in [6.07, 6.45) is -2.43. The number of carbonyl (C=O) groups is 3. The number of ether oxygens (including phenoxy) is 2. The molecule has 2 amide bonds. The zero-order chi connectivity index (χ0) is 27.4. The van der Waals surface area contributed by atoms with Gasteiger partial charge in [-0.2, -0.15) is 0 Å². The number of alkyl carbamates (subject to hydrolysis) is 1. The Morgan fingerprint density at radius 1 is 0.947 bits per heavy atom. The maximum absolute atomic E-state index is 15.0.